The van der Waals surface area contributed by atoms with E-state index in [1.165, 1.54) is 27.6 Å². The van der Waals surface area contributed by atoms with Crippen LogP contribution in [0, 0.1) is 0 Å². The Morgan fingerprint density at radius 2 is 1.28 bits per heavy atom. The van der Waals surface area contributed by atoms with Crippen LogP contribution in [0.15, 0.2) is 60.7 Å². The molecule has 0 fully saturated rings. The van der Waals surface area contributed by atoms with Crippen molar-refractivity contribution in [2.24, 2.45) is 0 Å². The van der Waals surface area contributed by atoms with Crippen molar-refractivity contribution in [3.63, 3.8) is 0 Å². The highest BCUT2D eigenvalue weighted by Gasteiger charge is 2.19. The van der Waals surface area contributed by atoms with Crippen LogP contribution in [0.4, 0.5) is 11.4 Å². The van der Waals surface area contributed by atoms with E-state index in [2.05, 4.69) is 101 Å². The van der Waals surface area contributed by atoms with Gasteiger partial charge in [-0.3, -0.25) is 0 Å². The lowest BCUT2D eigenvalue weighted by Crippen LogP contribution is -2.13. The highest BCUT2D eigenvalue weighted by atomic mass is 14.9. The van der Waals surface area contributed by atoms with E-state index in [0.29, 0.717) is 0 Å². The van der Waals surface area contributed by atoms with Crippen molar-refractivity contribution in [2.45, 2.75) is 52.4 Å². The van der Waals surface area contributed by atoms with Crippen molar-refractivity contribution in [2.75, 3.05) is 5.32 Å². The summed E-state index contributed by atoms with van der Waals surface area (Å²) >= 11 is 0. The topological polar surface area (TPSA) is 12.0 Å². The second-order valence-electron chi connectivity index (χ2n) is 8.95. The number of hydrogen-bond donors (Lipinski definition) is 1. The minimum Gasteiger partial charge on any atom is -0.355 e. The third-order valence-corrected chi connectivity index (χ3v) is 4.74. The molecule has 130 valence electrons. The predicted octanol–water partition coefficient (Wildman–Crippen LogP) is 7.18. The fraction of sp³-hybridized carbons (Fsp3) is 0.333. The molecule has 25 heavy (non-hydrogen) atoms. The van der Waals surface area contributed by atoms with Gasteiger partial charge in [-0.2, -0.15) is 0 Å². The number of rotatable bonds is 2. The lowest BCUT2D eigenvalue weighted by Gasteiger charge is -2.24. The van der Waals surface area contributed by atoms with E-state index in [9.17, 15) is 0 Å². The van der Waals surface area contributed by atoms with Crippen LogP contribution in [0.2, 0.25) is 0 Å². The van der Waals surface area contributed by atoms with Gasteiger partial charge in [0.25, 0.3) is 0 Å². The molecular formula is C24H29N. The number of nitrogens with one attached hydrogen (secondary N) is 1. The molecule has 0 heterocycles. The molecule has 0 saturated heterocycles. The quantitative estimate of drug-likeness (QED) is 0.524. The van der Waals surface area contributed by atoms with Crippen LogP contribution in [-0.2, 0) is 10.8 Å². The van der Waals surface area contributed by atoms with Gasteiger partial charge in [0.2, 0.25) is 0 Å². The largest absolute Gasteiger partial charge is 0.355 e. The van der Waals surface area contributed by atoms with E-state index in [1.807, 2.05) is 6.07 Å². The molecule has 1 heteroatoms. The molecule has 0 spiro atoms. The Hall–Kier alpha value is -2.28. The number of anilines is 2. The molecule has 0 unspecified atom stereocenters. The Morgan fingerprint density at radius 1 is 0.640 bits per heavy atom. The zero-order valence-corrected chi connectivity index (χ0v) is 16.3. The van der Waals surface area contributed by atoms with Crippen LogP contribution < -0.4 is 5.32 Å². The summed E-state index contributed by atoms with van der Waals surface area (Å²) in [6.07, 6.45) is 0. The summed E-state index contributed by atoms with van der Waals surface area (Å²) in [4.78, 5) is 0. The molecule has 0 saturated carbocycles. The minimum atomic E-state index is 0.115. The molecule has 0 amide bonds. The lowest BCUT2D eigenvalue weighted by molar-refractivity contribution is 0.589. The van der Waals surface area contributed by atoms with Crippen LogP contribution in [0.25, 0.3) is 10.8 Å². The van der Waals surface area contributed by atoms with Gasteiger partial charge < -0.3 is 5.32 Å². The Labute approximate surface area is 152 Å². The summed E-state index contributed by atoms with van der Waals surface area (Å²) in [7, 11) is 0. The highest BCUT2D eigenvalue weighted by molar-refractivity contribution is 5.97. The second kappa shape index (κ2) is 6.22. The first-order chi connectivity index (χ1) is 11.6. The zero-order chi connectivity index (χ0) is 18.2. The number of fused-ring (bicyclic) bond motifs is 1. The number of benzene rings is 3. The molecule has 0 atom stereocenters. The third-order valence-electron chi connectivity index (χ3n) is 4.74. The first-order valence-corrected chi connectivity index (χ1v) is 9.05. The minimum absolute atomic E-state index is 0.115. The van der Waals surface area contributed by atoms with Crippen molar-refractivity contribution in [1.29, 1.82) is 0 Å². The molecule has 1 nitrogen and oxygen atoms in total. The first-order valence-electron chi connectivity index (χ1n) is 9.05. The summed E-state index contributed by atoms with van der Waals surface area (Å²) < 4.78 is 0. The maximum atomic E-state index is 3.64. The van der Waals surface area contributed by atoms with E-state index in [-0.39, 0.29) is 10.8 Å². The van der Waals surface area contributed by atoms with Gasteiger partial charge >= 0.3 is 0 Å². The zero-order valence-electron chi connectivity index (χ0n) is 16.3. The van der Waals surface area contributed by atoms with Gasteiger partial charge in [0.15, 0.2) is 0 Å². The van der Waals surface area contributed by atoms with Gasteiger partial charge in [0, 0.05) is 16.8 Å². The molecule has 3 rings (SSSR count). The molecule has 0 bridgehead atoms. The highest BCUT2D eigenvalue weighted by Crippen LogP contribution is 2.36. The summed E-state index contributed by atoms with van der Waals surface area (Å²) in [5, 5.41) is 6.21. The predicted molar refractivity (Wildman–Crippen MR) is 111 cm³/mol. The summed E-state index contributed by atoms with van der Waals surface area (Å²) in [5.41, 5.74) is 5.27. The molecule has 0 aromatic heterocycles. The van der Waals surface area contributed by atoms with Gasteiger partial charge in [-0.05, 0) is 51.6 Å². The van der Waals surface area contributed by atoms with Gasteiger partial charge in [-0.15, -0.1) is 0 Å². The molecule has 0 aliphatic carbocycles. The van der Waals surface area contributed by atoms with Crippen LogP contribution in [0.5, 0.6) is 0 Å². The van der Waals surface area contributed by atoms with Crippen molar-refractivity contribution in [1.82, 2.24) is 0 Å². The Bertz CT molecular complexity index is 878. The van der Waals surface area contributed by atoms with Crippen molar-refractivity contribution >= 4 is 22.1 Å². The molecule has 1 N–H and O–H groups in total. The summed E-state index contributed by atoms with van der Waals surface area (Å²) in [5.74, 6) is 0. The lowest BCUT2D eigenvalue weighted by atomic mass is 9.83. The summed E-state index contributed by atoms with van der Waals surface area (Å²) in [6.45, 7) is 13.6. The van der Waals surface area contributed by atoms with E-state index in [4.69, 9.17) is 0 Å². The van der Waals surface area contributed by atoms with Crippen molar-refractivity contribution in [3.05, 3.63) is 71.8 Å². The molecule has 3 aromatic rings. The van der Waals surface area contributed by atoms with E-state index in [1.54, 1.807) is 0 Å². The maximum Gasteiger partial charge on any atom is 0.0466 e. The average Bonchev–Trinajstić information content (AvgIpc) is 2.53. The SMILES string of the molecule is CC(C)(C)c1cc(Nc2ccccc2)c2cc(C(C)(C)C)ccc2c1. The smallest absolute Gasteiger partial charge is 0.0466 e. The second-order valence-corrected chi connectivity index (χ2v) is 8.95. The maximum absolute atomic E-state index is 3.64. The van der Waals surface area contributed by atoms with Crippen molar-refractivity contribution in [3.8, 4) is 0 Å². The Balaban J connectivity index is 2.21. The van der Waals surface area contributed by atoms with Crippen LogP contribution in [0.3, 0.4) is 0 Å². The van der Waals surface area contributed by atoms with E-state index < -0.39 is 0 Å². The summed E-state index contributed by atoms with van der Waals surface area (Å²) in [6, 6.07) is 21.9. The molecule has 3 aromatic carbocycles. The van der Waals surface area contributed by atoms with Gasteiger partial charge in [0.05, 0.1) is 0 Å². The number of hydrogen-bond acceptors (Lipinski definition) is 1. The first kappa shape index (κ1) is 17.5. The average molecular weight is 332 g/mol. The van der Waals surface area contributed by atoms with Crippen LogP contribution >= 0.6 is 0 Å². The van der Waals surface area contributed by atoms with Crippen molar-refractivity contribution < 1.29 is 0 Å². The van der Waals surface area contributed by atoms with Gasteiger partial charge in [-0.1, -0.05) is 77.9 Å². The van der Waals surface area contributed by atoms with Crippen LogP contribution in [0.1, 0.15) is 52.7 Å². The molecular weight excluding hydrogens is 302 g/mol. The monoisotopic (exact) mass is 331 g/mol. The van der Waals surface area contributed by atoms with Gasteiger partial charge in [-0.25, -0.2) is 0 Å². The fourth-order valence-corrected chi connectivity index (χ4v) is 3.04. The van der Waals surface area contributed by atoms with E-state index >= 15 is 0 Å². The Kier molecular flexibility index (Phi) is 4.36. The van der Waals surface area contributed by atoms with Crippen LogP contribution in [-0.4, -0.2) is 0 Å². The van der Waals surface area contributed by atoms with E-state index in [0.717, 1.165) is 5.69 Å². The molecule has 0 aliphatic rings. The number of para-hydroxylation sites is 1. The molecule has 0 radical (unpaired) electrons. The van der Waals surface area contributed by atoms with Gasteiger partial charge in [0.1, 0.15) is 0 Å². The fourth-order valence-electron chi connectivity index (χ4n) is 3.04. The standard InChI is InChI=1S/C24H29N/c1-23(2,3)18-13-12-17-14-19(24(4,5)6)16-22(21(17)15-18)25-20-10-8-7-9-11-20/h7-16,25H,1-6H3. The molecule has 0 aliphatic heterocycles. The third kappa shape index (κ3) is 3.87. The normalized spacial score (nSPS) is 12.4. The Morgan fingerprint density at radius 3 is 1.88 bits per heavy atom.